The van der Waals surface area contributed by atoms with E-state index in [-0.39, 0.29) is 24.2 Å². The molecule has 0 saturated heterocycles. The van der Waals surface area contributed by atoms with E-state index in [0.29, 0.717) is 13.1 Å². The lowest BCUT2D eigenvalue weighted by Crippen LogP contribution is -2.38. The molecule has 1 atom stereocenters. The van der Waals surface area contributed by atoms with Crippen LogP contribution in [0.2, 0.25) is 0 Å². The van der Waals surface area contributed by atoms with Gasteiger partial charge >= 0.3 is 0 Å². The van der Waals surface area contributed by atoms with Gasteiger partial charge in [-0.15, -0.1) is 11.3 Å². The van der Waals surface area contributed by atoms with Crippen LogP contribution in [0.15, 0.2) is 66.0 Å². The molecule has 0 aliphatic heterocycles. The normalized spacial score (nSPS) is 12.0. The topological polar surface area (TPSA) is 41.6 Å². The van der Waals surface area contributed by atoms with Gasteiger partial charge in [0.1, 0.15) is 0 Å². The fourth-order valence-electron chi connectivity index (χ4n) is 3.18. The van der Waals surface area contributed by atoms with Crippen molar-refractivity contribution < 1.29 is 13.9 Å². The fraction of sp³-hybridized carbons (Fsp3) is 0.261. The maximum atomic E-state index is 14.0. The van der Waals surface area contributed by atoms with Crippen LogP contribution in [0.5, 0.6) is 5.75 Å². The molecule has 0 fully saturated rings. The van der Waals surface area contributed by atoms with E-state index < -0.39 is 5.82 Å². The third kappa shape index (κ3) is 5.65. The summed E-state index contributed by atoms with van der Waals surface area (Å²) in [7, 11) is 1.44. The quantitative estimate of drug-likeness (QED) is 0.557. The summed E-state index contributed by atoms with van der Waals surface area (Å²) >= 11 is 1.62. The number of benzene rings is 2. The summed E-state index contributed by atoms with van der Waals surface area (Å²) in [4.78, 5) is 15.9. The van der Waals surface area contributed by atoms with Gasteiger partial charge in [0.25, 0.3) is 0 Å². The van der Waals surface area contributed by atoms with E-state index in [1.54, 1.807) is 17.4 Å². The number of thiophene rings is 1. The van der Waals surface area contributed by atoms with Crippen molar-refractivity contribution in [2.45, 2.75) is 19.5 Å². The first kappa shape index (κ1) is 21.0. The van der Waals surface area contributed by atoms with Crippen molar-refractivity contribution in [3.8, 4) is 5.75 Å². The van der Waals surface area contributed by atoms with E-state index in [9.17, 15) is 9.18 Å². The molecule has 0 bridgehead atoms. The number of nitrogens with zero attached hydrogens (tertiary/aromatic N) is 1. The second-order valence-electron chi connectivity index (χ2n) is 6.70. The second kappa shape index (κ2) is 10.2. The van der Waals surface area contributed by atoms with Gasteiger partial charge in [-0.05, 0) is 41.3 Å². The highest BCUT2D eigenvalue weighted by molar-refractivity contribution is 7.10. The van der Waals surface area contributed by atoms with Crippen LogP contribution < -0.4 is 10.1 Å². The van der Waals surface area contributed by atoms with Crippen LogP contribution >= 0.6 is 11.3 Å². The molecule has 6 heteroatoms. The Labute approximate surface area is 174 Å². The molecule has 2 aromatic carbocycles. The Morgan fingerprint density at radius 3 is 2.59 bits per heavy atom. The predicted octanol–water partition coefficient (Wildman–Crippen LogP) is 4.62. The van der Waals surface area contributed by atoms with E-state index >= 15 is 0 Å². The predicted molar refractivity (Wildman–Crippen MR) is 115 cm³/mol. The smallest absolute Gasteiger partial charge is 0.234 e. The van der Waals surface area contributed by atoms with Crippen LogP contribution in [-0.4, -0.2) is 31.0 Å². The maximum Gasteiger partial charge on any atom is 0.234 e. The van der Waals surface area contributed by atoms with Crippen molar-refractivity contribution in [1.82, 2.24) is 10.2 Å². The first-order chi connectivity index (χ1) is 14.1. The third-order valence-electron chi connectivity index (χ3n) is 4.70. The molecule has 3 rings (SSSR count). The van der Waals surface area contributed by atoms with E-state index in [4.69, 9.17) is 4.74 Å². The number of halogens is 1. The summed E-state index contributed by atoms with van der Waals surface area (Å²) in [6, 6.07) is 18.7. The summed E-state index contributed by atoms with van der Waals surface area (Å²) in [5.41, 5.74) is 1.85. The summed E-state index contributed by atoms with van der Waals surface area (Å²) in [5.74, 6) is -0.244. The zero-order valence-electron chi connectivity index (χ0n) is 16.6. The first-order valence-electron chi connectivity index (χ1n) is 9.53. The number of likely N-dealkylation sites (N-methyl/N-ethyl adjacent to an activating group) is 1. The highest BCUT2D eigenvalue weighted by Crippen LogP contribution is 2.26. The van der Waals surface area contributed by atoms with Crippen LogP contribution in [0.3, 0.4) is 0 Å². The van der Waals surface area contributed by atoms with Gasteiger partial charge in [0.05, 0.1) is 19.7 Å². The van der Waals surface area contributed by atoms with E-state index in [0.717, 1.165) is 16.0 Å². The lowest BCUT2D eigenvalue weighted by molar-refractivity contribution is -0.122. The molecule has 29 heavy (non-hydrogen) atoms. The Balaban J connectivity index is 1.67. The molecule has 152 valence electrons. The first-order valence-corrected chi connectivity index (χ1v) is 10.4. The van der Waals surface area contributed by atoms with Gasteiger partial charge in [-0.3, -0.25) is 9.69 Å². The number of carbonyl (C=O) groups excluding carboxylic acids is 1. The van der Waals surface area contributed by atoms with Crippen LogP contribution in [0, 0.1) is 5.82 Å². The van der Waals surface area contributed by atoms with Crippen molar-refractivity contribution in [3.05, 3.63) is 87.9 Å². The Hall–Kier alpha value is -2.70. The molecule has 0 saturated carbocycles. The number of methoxy groups -OCH3 is 1. The molecule has 0 aliphatic carbocycles. The fourth-order valence-corrected chi connectivity index (χ4v) is 3.98. The molecule has 0 radical (unpaired) electrons. The van der Waals surface area contributed by atoms with Crippen molar-refractivity contribution in [2.75, 3.05) is 20.2 Å². The average molecular weight is 413 g/mol. The maximum absolute atomic E-state index is 14.0. The lowest BCUT2D eigenvalue weighted by Gasteiger charge is -2.23. The lowest BCUT2D eigenvalue weighted by atomic mass is 10.1. The van der Waals surface area contributed by atoms with Crippen LogP contribution in [0.25, 0.3) is 0 Å². The highest BCUT2D eigenvalue weighted by atomic mass is 32.1. The van der Waals surface area contributed by atoms with Crippen molar-refractivity contribution in [3.63, 3.8) is 0 Å². The minimum atomic E-state index is -0.396. The Morgan fingerprint density at radius 2 is 1.97 bits per heavy atom. The van der Waals surface area contributed by atoms with Gasteiger partial charge in [-0.1, -0.05) is 49.4 Å². The van der Waals surface area contributed by atoms with Gasteiger partial charge in [-0.25, -0.2) is 4.39 Å². The molecule has 4 nitrogen and oxygen atoms in total. The molecule has 1 N–H and O–H groups in total. The summed E-state index contributed by atoms with van der Waals surface area (Å²) < 4.78 is 18.9. The number of hydrogen-bond acceptors (Lipinski definition) is 4. The Bertz CT molecular complexity index is 916. The molecular weight excluding hydrogens is 387 g/mol. The third-order valence-corrected chi connectivity index (χ3v) is 5.64. The molecule has 1 aromatic heterocycles. The SMILES string of the molecule is CCN(CC(=O)N[C@@H](c1ccccc1)c1cccs1)Cc1ccc(OC)c(F)c1. The zero-order valence-corrected chi connectivity index (χ0v) is 17.4. The van der Waals surface area contributed by atoms with Gasteiger partial charge in [-0.2, -0.15) is 0 Å². The molecule has 1 heterocycles. The van der Waals surface area contributed by atoms with Crippen molar-refractivity contribution in [1.29, 1.82) is 0 Å². The second-order valence-corrected chi connectivity index (χ2v) is 7.68. The van der Waals surface area contributed by atoms with E-state index in [1.807, 2.05) is 65.7 Å². The highest BCUT2D eigenvalue weighted by Gasteiger charge is 2.19. The van der Waals surface area contributed by atoms with Gasteiger partial charge in [0.15, 0.2) is 11.6 Å². The molecule has 0 spiro atoms. The van der Waals surface area contributed by atoms with Crippen LogP contribution in [0.1, 0.15) is 29.0 Å². The summed E-state index contributed by atoms with van der Waals surface area (Å²) in [5, 5.41) is 5.16. The number of ether oxygens (including phenoxy) is 1. The van der Waals surface area contributed by atoms with Crippen LogP contribution in [0.4, 0.5) is 4.39 Å². The molecule has 1 amide bonds. The summed E-state index contributed by atoms with van der Waals surface area (Å²) in [6.45, 7) is 3.38. The molecule has 0 unspecified atom stereocenters. The minimum Gasteiger partial charge on any atom is -0.494 e. The van der Waals surface area contributed by atoms with Crippen LogP contribution in [-0.2, 0) is 11.3 Å². The van der Waals surface area contributed by atoms with E-state index in [1.165, 1.54) is 13.2 Å². The monoisotopic (exact) mass is 412 g/mol. The zero-order chi connectivity index (χ0) is 20.6. The van der Waals surface area contributed by atoms with Gasteiger partial charge in [0.2, 0.25) is 5.91 Å². The van der Waals surface area contributed by atoms with Gasteiger partial charge in [0, 0.05) is 11.4 Å². The minimum absolute atomic E-state index is 0.0666. The number of rotatable bonds is 9. The number of amides is 1. The number of hydrogen-bond donors (Lipinski definition) is 1. The molecular formula is C23H25FN2O2S. The number of nitrogens with one attached hydrogen (secondary N) is 1. The molecule has 3 aromatic rings. The van der Waals surface area contributed by atoms with Crippen molar-refractivity contribution >= 4 is 17.2 Å². The van der Waals surface area contributed by atoms with E-state index in [2.05, 4.69) is 5.32 Å². The summed E-state index contributed by atoms with van der Waals surface area (Å²) in [6.07, 6.45) is 0. The Morgan fingerprint density at radius 1 is 1.17 bits per heavy atom. The standard InChI is InChI=1S/C23H25FN2O2S/c1-3-26(15-17-11-12-20(28-2)19(24)14-17)16-22(27)25-23(21-10-7-13-29-21)18-8-5-4-6-9-18/h4-14,23H,3,15-16H2,1-2H3,(H,25,27)/t23-/m0/s1. The molecule has 0 aliphatic rings. The largest absolute Gasteiger partial charge is 0.494 e. The Kier molecular flexibility index (Phi) is 7.38. The van der Waals surface area contributed by atoms with Gasteiger partial charge < -0.3 is 10.1 Å². The number of carbonyl (C=O) groups is 1. The van der Waals surface area contributed by atoms with Crippen molar-refractivity contribution in [2.24, 2.45) is 0 Å². The average Bonchev–Trinajstić information content (AvgIpc) is 3.27.